The van der Waals surface area contributed by atoms with Gasteiger partial charge in [0, 0.05) is 5.39 Å². The number of carbonyl (C=O) groups is 1. The lowest BCUT2D eigenvalue weighted by atomic mass is 10.1. The molecule has 1 heterocycles. The van der Waals surface area contributed by atoms with E-state index >= 15 is 0 Å². The Morgan fingerprint density at radius 1 is 1.36 bits per heavy atom. The van der Waals surface area contributed by atoms with Crippen molar-refractivity contribution in [1.82, 2.24) is 4.98 Å². The summed E-state index contributed by atoms with van der Waals surface area (Å²) in [4.78, 5) is 15.0. The van der Waals surface area contributed by atoms with Crippen LogP contribution in [0.5, 0.6) is 0 Å². The van der Waals surface area contributed by atoms with Gasteiger partial charge in [0.25, 0.3) is 5.91 Å². The average Bonchev–Trinajstić information content (AvgIpc) is 2.16. The maximum absolute atomic E-state index is 11.0. The number of carbonyl (C=O) groups excluding carboxylic acids is 1. The molecule has 2 rings (SSSR count). The zero-order valence-corrected chi connectivity index (χ0v) is 7.95. The van der Waals surface area contributed by atoms with Crippen molar-refractivity contribution in [3.8, 4) is 0 Å². The van der Waals surface area contributed by atoms with Crippen molar-refractivity contribution < 1.29 is 4.79 Å². The van der Waals surface area contributed by atoms with E-state index in [1.807, 2.05) is 24.3 Å². The van der Waals surface area contributed by atoms with E-state index in [9.17, 15) is 4.79 Å². The van der Waals surface area contributed by atoms with Gasteiger partial charge in [-0.25, -0.2) is 4.98 Å². The van der Waals surface area contributed by atoms with Crippen molar-refractivity contribution in [2.24, 2.45) is 5.73 Å². The zero-order valence-electron chi connectivity index (χ0n) is 7.20. The molecule has 0 bridgehead atoms. The first-order valence-electron chi connectivity index (χ1n) is 4.03. The minimum atomic E-state index is -0.562. The molecule has 0 aliphatic rings. The number of fused-ring (bicyclic) bond motifs is 1. The van der Waals surface area contributed by atoms with Gasteiger partial charge in [-0.15, -0.1) is 0 Å². The molecule has 0 aliphatic heterocycles. The third kappa shape index (κ3) is 1.42. The number of benzene rings is 1. The van der Waals surface area contributed by atoms with Gasteiger partial charge in [-0.3, -0.25) is 4.79 Å². The predicted molar refractivity (Wildman–Crippen MR) is 55.3 cm³/mol. The van der Waals surface area contributed by atoms with Crippen LogP contribution in [0.1, 0.15) is 10.4 Å². The Morgan fingerprint density at radius 2 is 2.07 bits per heavy atom. The van der Waals surface area contributed by atoms with Crippen molar-refractivity contribution in [3.05, 3.63) is 41.0 Å². The second-order valence-corrected chi connectivity index (χ2v) is 3.24. The van der Waals surface area contributed by atoms with E-state index in [0.29, 0.717) is 0 Å². The lowest BCUT2D eigenvalue weighted by Gasteiger charge is -2.01. The molecule has 1 amide bonds. The van der Waals surface area contributed by atoms with E-state index in [2.05, 4.69) is 4.98 Å². The van der Waals surface area contributed by atoms with Crippen molar-refractivity contribution in [2.75, 3.05) is 0 Å². The van der Waals surface area contributed by atoms with Gasteiger partial charge in [-0.1, -0.05) is 29.8 Å². The fraction of sp³-hybridized carbons (Fsp3) is 0. The molecule has 4 heteroatoms. The van der Waals surface area contributed by atoms with Crippen molar-refractivity contribution in [3.63, 3.8) is 0 Å². The number of nitrogens with two attached hydrogens (primary N) is 1. The molecular formula is C10H7ClN2O. The van der Waals surface area contributed by atoms with Crippen LogP contribution in [0.2, 0.25) is 5.15 Å². The molecule has 0 atom stereocenters. The van der Waals surface area contributed by atoms with Crippen LogP contribution in [-0.2, 0) is 0 Å². The summed E-state index contributed by atoms with van der Waals surface area (Å²) in [6.45, 7) is 0. The highest BCUT2D eigenvalue weighted by atomic mass is 35.5. The summed E-state index contributed by atoms with van der Waals surface area (Å²) in [6, 6.07) is 9.04. The Hall–Kier alpha value is -1.61. The summed E-state index contributed by atoms with van der Waals surface area (Å²) in [5.74, 6) is -0.562. The van der Waals surface area contributed by atoms with Crippen LogP contribution in [0, 0.1) is 0 Å². The maximum Gasteiger partial charge on any atom is 0.251 e. The quantitative estimate of drug-likeness (QED) is 0.726. The van der Waals surface area contributed by atoms with Gasteiger partial charge in [0.15, 0.2) is 0 Å². The molecule has 2 N–H and O–H groups in total. The topological polar surface area (TPSA) is 56.0 Å². The Bertz CT molecular complexity index is 510. The number of para-hydroxylation sites is 1. The summed E-state index contributed by atoms with van der Waals surface area (Å²) < 4.78 is 0. The normalized spacial score (nSPS) is 10.4. The Morgan fingerprint density at radius 3 is 2.79 bits per heavy atom. The molecule has 70 valence electrons. The lowest BCUT2D eigenvalue weighted by Crippen LogP contribution is -2.12. The molecular weight excluding hydrogens is 200 g/mol. The Kier molecular flexibility index (Phi) is 2.09. The molecule has 3 nitrogen and oxygen atoms in total. The van der Waals surface area contributed by atoms with Gasteiger partial charge < -0.3 is 5.73 Å². The number of halogens is 1. The number of hydrogen-bond donors (Lipinski definition) is 1. The zero-order chi connectivity index (χ0) is 10.1. The number of aromatic nitrogens is 1. The van der Waals surface area contributed by atoms with E-state index in [0.717, 1.165) is 10.9 Å². The molecule has 14 heavy (non-hydrogen) atoms. The molecule has 0 radical (unpaired) electrons. The molecule has 0 spiro atoms. The smallest absolute Gasteiger partial charge is 0.251 e. The molecule has 0 unspecified atom stereocenters. The number of nitrogens with zero attached hydrogens (tertiary/aromatic N) is 1. The minimum absolute atomic E-state index is 0.149. The summed E-state index contributed by atoms with van der Waals surface area (Å²) in [5, 5.41) is 1.00. The number of pyridine rings is 1. The van der Waals surface area contributed by atoms with Crippen LogP contribution in [0.3, 0.4) is 0 Å². The maximum atomic E-state index is 11.0. The molecule has 0 saturated heterocycles. The Balaban J connectivity index is 2.77. The first-order valence-corrected chi connectivity index (χ1v) is 4.41. The predicted octanol–water partition coefficient (Wildman–Crippen LogP) is 1.99. The van der Waals surface area contributed by atoms with Crippen molar-refractivity contribution in [1.29, 1.82) is 0 Å². The molecule has 2 aromatic rings. The number of rotatable bonds is 1. The second-order valence-electron chi connectivity index (χ2n) is 2.88. The summed E-state index contributed by atoms with van der Waals surface area (Å²) in [5.41, 5.74) is 6.15. The van der Waals surface area contributed by atoms with Crippen LogP contribution in [0.25, 0.3) is 10.9 Å². The first kappa shape index (κ1) is 8.97. The summed E-state index contributed by atoms with van der Waals surface area (Å²) in [6.07, 6.45) is 0. The molecule has 1 aromatic carbocycles. The van der Waals surface area contributed by atoms with Crippen LogP contribution < -0.4 is 5.73 Å². The monoisotopic (exact) mass is 206 g/mol. The highest BCUT2D eigenvalue weighted by molar-refractivity contribution is 6.33. The fourth-order valence-corrected chi connectivity index (χ4v) is 1.50. The van der Waals surface area contributed by atoms with Crippen LogP contribution in [0.4, 0.5) is 0 Å². The molecule has 0 aliphatic carbocycles. The number of hydrogen-bond acceptors (Lipinski definition) is 2. The standard InChI is InChI=1S/C10H7ClN2O/c11-9-7(10(12)14)5-6-3-1-2-4-8(6)13-9/h1-5H,(H2,12,14). The van der Waals surface area contributed by atoms with Crippen LogP contribution >= 0.6 is 11.6 Å². The van der Waals surface area contributed by atoms with Crippen molar-refractivity contribution >= 4 is 28.4 Å². The molecule has 0 saturated carbocycles. The third-order valence-corrected chi connectivity index (χ3v) is 2.23. The molecule has 1 aromatic heterocycles. The number of primary amides is 1. The van der Waals surface area contributed by atoms with Crippen molar-refractivity contribution in [2.45, 2.75) is 0 Å². The Labute approximate surface area is 85.5 Å². The van der Waals surface area contributed by atoms with Gasteiger partial charge in [0.2, 0.25) is 0 Å². The van der Waals surface area contributed by atoms with Gasteiger partial charge in [0.05, 0.1) is 11.1 Å². The third-order valence-electron chi connectivity index (χ3n) is 1.94. The van der Waals surface area contributed by atoms with Gasteiger partial charge >= 0.3 is 0 Å². The van der Waals surface area contributed by atoms with E-state index < -0.39 is 5.91 Å². The largest absolute Gasteiger partial charge is 0.366 e. The number of amides is 1. The van der Waals surface area contributed by atoms with Gasteiger partial charge in [0.1, 0.15) is 5.15 Å². The van der Waals surface area contributed by atoms with E-state index in [4.69, 9.17) is 17.3 Å². The van der Waals surface area contributed by atoms with E-state index in [1.54, 1.807) is 6.07 Å². The summed E-state index contributed by atoms with van der Waals surface area (Å²) in [7, 11) is 0. The average molecular weight is 207 g/mol. The van der Waals surface area contributed by atoms with Crippen LogP contribution in [0.15, 0.2) is 30.3 Å². The van der Waals surface area contributed by atoms with E-state index in [1.165, 1.54) is 0 Å². The highest BCUT2D eigenvalue weighted by Crippen LogP contribution is 2.19. The van der Waals surface area contributed by atoms with Crippen LogP contribution in [-0.4, -0.2) is 10.9 Å². The first-order chi connectivity index (χ1) is 6.68. The van der Waals surface area contributed by atoms with Gasteiger partial charge in [-0.2, -0.15) is 0 Å². The summed E-state index contributed by atoms with van der Waals surface area (Å²) >= 11 is 5.79. The van der Waals surface area contributed by atoms with E-state index in [-0.39, 0.29) is 10.7 Å². The second kappa shape index (κ2) is 3.27. The minimum Gasteiger partial charge on any atom is -0.366 e. The fourth-order valence-electron chi connectivity index (χ4n) is 1.27. The highest BCUT2D eigenvalue weighted by Gasteiger charge is 2.08. The lowest BCUT2D eigenvalue weighted by molar-refractivity contribution is 0.100. The van der Waals surface area contributed by atoms with Gasteiger partial charge in [-0.05, 0) is 12.1 Å². The SMILES string of the molecule is NC(=O)c1cc2ccccc2nc1Cl. The molecule has 0 fully saturated rings.